The number of rotatable bonds is 5. The van der Waals surface area contributed by atoms with Gasteiger partial charge in [0.1, 0.15) is 6.61 Å². The highest BCUT2D eigenvalue weighted by Gasteiger charge is 2.32. The van der Waals surface area contributed by atoms with Crippen LogP contribution in [-0.2, 0) is 27.9 Å². The van der Waals surface area contributed by atoms with Gasteiger partial charge in [-0.2, -0.15) is 0 Å². The number of methoxy groups -OCH3 is 1. The van der Waals surface area contributed by atoms with Crippen molar-refractivity contribution in [3.05, 3.63) is 28.3 Å². The van der Waals surface area contributed by atoms with Crippen molar-refractivity contribution >= 4 is 23.0 Å². The van der Waals surface area contributed by atoms with E-state index < -0.39 is 0 Å². The number of hydrogen-bond acceptors (Lipinski definition) is 5. The lowest BCUT2D eigenvalue weighted by Crippen LogP contribution is -2.52. The van der Waals surface area contributed by atoms with Crippen LogP contribution < -0.4 is 5.69 Å². The summed E-state index contributed by atoms with van der Waals surface area (Å²) >= 11 is 0. The molecule has 9 heteroatoms. The number of carbonyl (C=O) groups is 2. The van der Waals surface area contributed by atoms with Crippen molar-refractivity contribution in [2.24, 2.45) is 18.9 Å². The van der Waals surface area contributed by atoms with Crippen molar-refractivity contribution < 1.29 is 14.3 Å². The molecule has 9 nitrogen and oxygen atoms in total. The van der Waals surface area contributed by atoms with Crippen LogP contribution in [0.3, 0.4) is 0 Å². The third kappa shape index (κ3) is 4.44. The SMILES string of the molecule is COCC(=O)N1CCN(C(=O)[C@H]2CC[C@H](Cn3c(=O)n(C)c4ccc(C)nc43)CC2)CC1. The average Bonchev–Trinajstić information content (AvgIpc) is 3.03. The zero-order valence-electron chi connectivity index (χ0n) is 19.2. The quantitative estimate of drug-likeness (QED) is 0.692. The molecule has 0 unspecified atom stereocenters. The maximum atomic E-state index is 13.0. The second-order valence-electron chi connectivity index (χ2n) is 9.10. The summed E-state index contributed by atoms with van der Waals surface area (Å²) in [4.78, 5) is 46.0. The van der Waals surface area contributed by atoms with Gasteiger partial charge in [0, 0.05) is 58.5 Å². The Hall–Kier alpha value is -2.68. The molecule has 2 amide bonds. The fourth-order valence-corrected chi connectivity index (χ4v) is 5.03. The lowest BCUT2D eigenvalue weighted by atomic mass is 9.81. The predicted molar refractivity (Wildman–Crippen MR) is 120 cm³/mol. The van der Waals surface area contributed by atoms with Crippen LogP contribution in [0.25, 0.3) is 11.2 Å². The van der Waals surface area contributed by atoms with Gasteiger partial charge in [0.15, 0.2) is 5.65 Å². The molecule has 0 radical (unpaired) electrons. The molecule has 0 N–H and O–H groups in total. The van der Waals surface area contributed by atoms with Gasteiger partial charge in [-0.3, -0.25) is 18.7 Å². The Bertz CT molecular complexity index is 1040. The molecule has 2 aliphatic rings. The molecule has 3 heterocycles. The van der Waals surface area contributed by atoms with Crippen LogP contribution in [0, 0.1) is 18.8 Å². The molecule has 1 aliphatic carbocycles. The zero-order chi connectivity index (χ0) is 22.8. The van der Waals surface area contributed by atoms with E-state index in [4.69, 9.17) is 4.74 Å². The number of aromatic nitrogens is 3. The van der Waals surface area contributed by atoms with Gasteiger partial charge in [0.2, 0.25) is 11.8 Å². The minimum absolute atomic E-state index is 0.0199. The van der Waals surface area contributed by atoms with E-state index >= 15 is 0 Å². The lowest BCUT2D eigenvalue weighted by Gasteiger charge is -2.38. The van der Waals surface area contributed by atoms with Crippen molar-refractivity contribution in [3.8, 4) is 0 Å². The average molecular weight is 444 g/mol. The molecular weight excluding hydrogens is 410 g/mol. The Morgan fingerprint density at radius 2 is 1.72 bits per heavy atom. The zero-order valence-corrected chi connectivity index (χ0v) is 19.2. The van der Waals surface area contributed by atoms with Crippen LogP contribution >= 0.6 is 0 Å². The normalized spacial score (nSPS) is 21.8. The molecular formula is C23H33N5O4. The Morgan fingerprint density at radius 3 is 2.38 bits per heavy atom. The smallest absolute Gasteiger partial charge is 0.330 e. The van der Waals surface area contributed by atoms with Crippen LogP contribution in [0.1, 0.15) is 31.4 Å². The topological polar surface area (TPSA) is 89.7 Å². The van der Waals surface area contributed by atoms with E-state index in [0.29, 0.717) is 38.6 Å². The third-order valence-electron chi connectivity index (χ3n) is 6.98. The van der Waals surface area contributed by atoms with Gasteiger partial charge >= 0.3 is 5.69 Å². The van der Waals surface area contributed by atoms with Crippen molar-refractivity contribution in [2.75, 3.05) is 39.9 Å². The minimum Gasteiger partial charge on any atom is -0.375 e. The molecule has 1 saturated carbocycles. The summed E-state index contributed by atoms with van der Waals surface area (Å²) in [6.07, 6.45) is 3.55. The molecule has 174 valence electrons. The maximum absolute atomic E-state index is 13.0. The first-order chi connectivity index (χ1) is 15.4. The van der Waals surface area contributed by atoms with Crippen molar-refractivity contribution in [1.82, 2.24) is 23.9 Å². The third-order valence-corrected chi connectivity index (χ3v) is 6.98. The van der Waals surface area contributed by atoms with Gasteiger partial charge in [-0.05, 0) is 50.7 Å². The molecule has 2 fully saturated rings. The van der Waals surface area contributed by atoms with E-state index in [1.54, 1.807) is 21.1 Å². The largest absolute Gasteiger partial charge is 0.375 e. The summed E-state index contributed by atoms with van der Waals surface area (Å²) in [5, 5.41) is 0. The number of nitrogens with zero attached hydrogens (tertiary/aromatic N) is 5. The fourth-order valence-electron chi connectivity index (χ4n) is 5.03. The van der Waals surface area contributed by atoms with Crippen LogP contribution in [0.15, 0.2) is 16.9 Å². The summed E-state index contributed by atoms with van der Waals surface area (Å²) in [5.74, 6) is 0.598. The van der Waals surface area contributed by atoms with Crippen LogP contribution in [0.2, 0.25) is 0 Å². The van der Waals surface area contributed by atoms with Gasteiger partial charge in [-0.1, -0.05) is 0 Å². The predicted octanol–water partition coefficient (Wildman–Crippen LogP) is 1.17. The molecule has 0 spiro atoms. The Kier molecular flexibility index (Phi) is 6.64. The number of carbonyl (C=O) groups excluding carboxylic acids is 2. The number of amides is 2. The molecule has 32 heavy (non-hydrogen) atoms. The molecule has 0 bridgehead atoms. The van der Waals surface area contributed by atoms with Gasteiger partial charge in [0.25, 0.3) is 0 Å². The molecule has 2 aromatic heterocycles. The molecule has 2 aromatic rings. The van der Waals surface area contributed by atoms with Gasteiger partial charge in [-0.25, -0.2) is 9.78 Å². The van der Waals surface area contributed by atoms with E-state index in [2.05, 4.69) is 4.98 Å². The van der Waals surface area contributed by atoms with E-state index in [9.17, 15) is 14.4 Å². The number of ether oxygens (including phenoxy) is 1. The molecule has 1 saturated heterocycles. The number of imidazole rings is 1. The standard InChI is InChI=1S/C23H33N5O4/c1-16-4-9-19-21(24-16)28(23(31)25(19)2)14-17-5-7-18(8-6-17)22(30)27-12-10-26(11-13-27)20(29)15-32-3/h4,9,17-18H,5-8,10-15H2,1-3H3/t17-,18-. The summed E-state index contributed by atoms with van der Waals surface area (Å²) in [7, 11) is 3.30. The van der Waals surface area contributed by atoms with Gasteiger partial charge < -0.3 is 14.5 Å². The first kappa shape index (κ1) is 22.5. The van der Waals surface area contributed by atoms with Crippen molar-refractivity contribution in [1.29, 1.82) is 0 Å². The Labute approximate surface area is 187 Å². The second kappa shape index (κ2) is 9.44. The summed E-state index contributed by atoms with van der Waals surface area (Å²) < 4.78 is 8.38. The monoisotopic (exact) mass is 443 g/mol. The molecule has 0 atom stereocenters. The Balaban J connectivity index is 1.32. The highest BCUT2D eigenvalue weighted by Crippen LogP contribution is 2.31. The summed E-state index contributed by atoms with van der Waals surface area (Å²) in [5.41, 5.74) is 2.47. The highest BCUT2D eigenvalue weighted by molar-refractivity contribution is 5.80. The molecule has 4 rings (SSSR count). The van der Waals surface area contributed by atoms with Gasteiger partial charge in [0.05, 0.1) is 5.52 Å². The highest BCUT2D eigenvalue weighted by atomic mass is 16.5. The van der Waals surface area contributed by atoms with Crippen LogP contribution in [0.5, 0.6) is 0 Å². The first-order valence-electron chi connectivity index (χ1n) is 11.5. The Morgan fingerprint density at radius 1 is 1.06 bits per heavy atom. The number of aryl methyl sites for hydroxylation is 2. The van der Waals surface area contributed by atoms with Crippen LogP contribution in [-0.4, -0.2) is 75.6 Å². The summed E-state index contributed by atoms with van der Waals surface area (Å²) in [6, 6.07) is 3.88. The second-order valence-corrected chi connectivity index (χ2v) is 9.10. The molecule has 1 aliphatic heterocycles. The number of hydrogen-bond donors (Lipinski definition) is 0. The van der Waals surface area contributed by atoms with E-state index in [0.717, 1.165) is 42.5 Å². The first-order valence-corrected chi connectivity index (χ1v) is 11.5. The fraction of sp³-hybridized carbons (Fsp3) is 0.652. The maximum Gasteiger partial charge on any atom is 0.330 e. The van der Waals surface area contributed by atoms with Crippen LogP contribution in [0.4, 0.5) is 0 Å². The number of piperazine rings is 1. The minimum atomic E-state index is -0.0304. The van der Waals surface area contributed by atoms with Gasteiger partial charge in [-0.15, -0.1) is 0 Å². The van der Waals surface area contributed by atoms with E-state index in [1.165, 1.54) is 7.11 Å². The van der Waals surface area contributed by atoms with Crippen molar-refractivity contribution in [2.45, 2.75) is 39.2 Å². The molecule has 0 aromatic carbocycles. The number of pyridine rings is 1. The van der Waals surface area contributed by atoms with E-state index in [1.807, 2.05) is 24.0 Å². The van der Waals surface area contributed by atoms with E-state index in [-0.39, 0.29) is 30.0 Å². The number of fused-ring (bicyclic) bond motifs is 1. The van der Waals surface area contributed by atoms with Crippen molar-refractivity contribution in [3.63, 3.8) is 0 Å². The summed E-state index contributed by atoms with van der Waals surface area (Å²) in [6.45, 7) is 4.99. The lowest BCUT2D eigenvalue weighted by molar-refractivity contribution is -0.144.